The highest BCUT2D eigenvalue weighted by atomic mass is 35.5. The van der Waals surface area contributed by atoms with E-state index in [0.717, 1.165) is 18.7 Å². The van der Waals surface area contributed by atoms with Gasteiger partial charge in [0.2, 0.25) is 15.9 Å². The summed E-state index contributed by atoms with van der Waals surface area (Å²) in [6.45, 7) is 3.69. The van der Waals surface area contributed by atoms with E-state index >= 15 is 0 Å². The summed E-state index contributed by atoms with van der Waals surface area (Å²) in [7, 11) is -3.59. The third-order valence-corrected chi connectivity index (χ3v) is 6.31. The topological polar surface area (TPSA) is 105 Å². The quantitative estimate of drug-likeness (QED) is 0.566. The van der Waals surface area contributed by atoms with Gasteiger partial charge in [0.1, 0.15) is 5.54 Å². The highest BCUT2D eigenvalue weighted by Crippen LogP contribution is 2.27. The van der Waals surface area contributed by atoms with Gasteiger partial charge in [-0.15, -0.1) is 12.4 Å². The lowest BCUT2D eigenvalue weighted by molar-refractivity contribution is -0.131. The molecule has 3 rings (SSSR count). The summed E-state index contributed by atoms with van der Waals surface area (Å²) < 4.78 is 28.8. The van der Waals surface area contributed by atoms with Gasteiger partial charge in [-0.3, -0.25) is 9.48 Å². The van der Waals surface area contributed by atoms with Crippen LogP contribution in [0.5, 0.6) is 0 Å². The molecule has 0 saturated carbocycles. The number of amides is 1. The molecule has 1 aliphatic rings. The fourth-order valence-corrected chi connectivity index (χ4v) is 4.28. The summed E-state index contributed by atoms with van der Waals surface area (Å²) in [5, 5.41) is 10.4. The number of rotatable bonds is 7. The first-order valence-electron chi connectivity index (χ1n) is 9.00. The number of hydrogen-bond acceptors (Lipinski definition) is 5. The lowest BCUT2D eigenvalue weighted by Gasteiger charge is -2.36. The first kappa shape index (κ1) is 22.4. The Morgan fingerprint density at radius 2 is 1.89 bits per heavy atom. The van der Waals surface area contributed by atoms with Crippen LogP contribution in [0.2, 0.25) is 0 Å². The van der Waals surface area contributed by atoms with Gasteiger partial charge in [0.15, 0.2) is 0 Å². The SMILES string of the molecule is Cc1ccc(S(=O)(=O)NCCNC(=O)C2(n3cccn3)CCNCC2)cc1.Cl. The van der Waals surface area contributed by atoms with Gasteiger partial charge in [-0.05, 0) is 51.1 Å². The number of carbonyl (C=O) groups excluding carboxylic acids is 1. The van der Waals surface area contributed by atoms with Crippen molar-refractivity contribution in [1.29, 1.82) is 0 Å². The maximum absolute atomic E-state index is 12.9. The van der Waals surface area contributed by atoms with Crippen LogP contribution in [0.4, 0.5) is 0 Å². The smallest absolute Gasteiger partial charge is 0.248 e. The van der Waals surface area contributed by atoms with Gasteiger partial charge in [-0.25, -0.2) is 13.1 Å². The second kappa shape index (κ2) is 9.51. The monoisotopic (exact) mass is 427 g/mol. The number of aromatic nitrogens is 2. The first-order valence-corrected chi connectivity index (χ1v) is 10.5. The van der Waals surface area contributed by atoms with E-state index in [1.165, 1.54) is 0 Å². The Hall–Kier alpha value is -1.94. The molecule has 28 heavy (non-hydrogen) atoms. The molecule has 10 heteroatoms. The zero-order valence-corrected chi connectivity index (χ0v) is 17.4. The summed E-state index contributed by atoms with van der Waals surface area (Å²) in [5.41, 5.74) is 0.261. The lowest BCUT2D eigenvalue weighted by atomic mass is 9.87. The van der Waals surface area contributed by atoms with E-state index in [-0.39, 0.29) is 36.3 Å². The molecule has 154 valence electrons. The van der Waals surface area contributed by atoms with Gasteiger partial charge in [-0.1, -0.05) is 17.7 Å². The molecule has 8 nitrogen and oxygen atoms in total. The summed E-state index contributed by atoms with van der Waals surface area (Å²) in [6, 6.07) is 8.44. The maximum Gasteiger partial charge on any atom is 0.248 e. The number of aryl methyl sites for hydroxylation is 1. The fraction of sp³-hybridized carbons (Fsp3) is 0.444. The second-order valence-electron chi connectivity index (χ2n) is 6.70. The van der Waals surface area contributed by atoms with E-state index in [9.17, 15) is 13.2 Å². The molecule has 2 aromatic rings. The number of hydrogen-bond donors (Lipinski definition) is 3. The molecule has 1 fully saturated rings. The van der Waals surface area contributed by atoms with Gasteiger partial charge in [0.25, 0.3) is 0 Å². The number of halogens is 1. The number of benzene rings is 1. The predicted octanol–water partition coefficient (Wildman–Crippen LogP) is 0.787. The molecule has 1 aliphatic heterocycles. The van der Waals surface area contributed by atoms with E-state index < -0.39 is 15.6 Å². The standard InChI is InChI=1S/C18H25N5O3S.ClH/c1-15-3-5-16(6-4-15)27(25,26)22-13-12-20-17(24)18(7-10-19-11-8-18)23-14-2-9-21-23;/h2-6,9,14,19,22H,7-8,10-13H2,1H3,(H,20,24);1H. The van der Waals surface area contributed by atoms with Crippen LogP contribution in [0.25, 0.3) is 0 Å². The largest absolute Gasteiger partial charge is 0.353 e. The molecular weight excluding hydrogens is 402 g/mol. The van der Waals surface area contributed by atoms with Crippen LogP contribution in [-0.2, 0) is 20.4 Å². The van der Waals surface area contributed by atoms with Crippen LogP contribution < -0.4 is 15.4 Å². The predicted molar refractivity (Wildman–Crippen MR) is 109 cm³/mol. The molecule has 3 N–H and O–H groups in total. The Morgan fingerprint density at radius 1 is 1.21 bits per heavy atom. The zero-order valence-electron chi connectivity index (χ0n) is 15.7. The summed E-state index contributed by atoms with van der Waals surface area (Å²) >= 11 is 0. The minimum absolute atomic E-state index is 0. The van der Waals surface area contributed by atoms with Crippen molar-refractivity contribution in [3.05, 3.63) is 48.3 Å². The molecule has 1 amide bonds. The van der Waals surface area contributed by atoms with Crippen LogP contribution in [-0.4, -0.2) is 50.3 Å². The van der Waals surface area contributed by atoms with Crippen molar-refractivity contribution < 1.29 is 13.2 Å². The highest BCUT2D eigenvalue weighted by Gasteiger charge is 2.41. The summed E-state index contributed by atoms with van der Waals surface area (Å²) in [5.74, 6) is -0.137. The lowest BCUT2D eigenvalue weighted by Crippen LogP contribution is -2.55. The van der Waals surface area contributed by atoms with Gasteiger partial charge in [0.05, 0.1) is 4.90 Å². The van der Waals surface area contributed by atoms with E-state index in [2.05, 4.69) is 20.5 Å². The van der Waals surface area contributed by atoms with Crippen molar-refractivity contribution in [1.82, 2.24) is 25.1 Å². The van der Waals surface area contributed by atoms with Crippen LogP contribution in [0.1, 0.15) is 18.4 Å². The normalized spacial score (nSPS) is 16.2. The Labute approximate surface area is 171 Å². The Morgan fingerprint density at radius 3 is 2.50 bits per heavy atom. The van der Waals surface area contributed by atoms with Gasteiger partial charge in [0, 0.05) is 25.5 Å². The Kier molecular flexibility index (Phi) is 7.59. The van der Waals surface area contributed by atoms with E-state index in [1.807, 2.05) is 6.92 Å². The third-order valence-electron chi connectivity index (χ3n) is 4.83. The number of nitrogens with zero attached hydrogens (tertiary/aromatic N) is 2. The molecule has 0 aliphatic carbocycles. The van der Waals surface area contributed by atoms with E-state index in [0.29, 0.717) is 12.8 Å². The minimum atomic E-state index is -3.59. The summed E-state index contributed by atoms with van der Waals surface area (Å²) in [6.07, 6.45) is 4.73. The molecular formula is C18H26ClN5O3S. The van der Waals surface area contributed by atoms with Crippen LogP contribution in [0, 0.1) is 6.92 Å². The Balaban J connectivity index is 0.00000280. The van der Waals surface area contributed by atoms with Crippen molar-refractivity contribution in [2.45, 2.75) is 30.2 Å². The molecule has 1 saturated heterocycles. The van der Waals surface area contributed by atoms with Crippen molar-refractivity contribution in [3.8, 4) is 0 Å². The second-order valence-corrected chi connectivity index (χ2v) is 8.47. The maximum atomic E-state index is 12.9. The molecule has 1 aromatic carbocycles. The van der Waals surface area contributed by atoms with Crippen LogP contribution in [0.3, 0.4) is 0 Å². The number of carbonyl (C=O) groups is 1. The number of piperidine rings is 1. The Bertz CT molecular complexity index is 863. The van der Waals surface area contributed by atoms with E-state index in [1.54, 1.807) is 47.4 Å². The van der Waals surface area contributed by atoms with Gasteiger partial charge < -0.3 is 10.6 Å². The zero-order chi connectivity index (χ0) is 19.3. The minimum Gasteiger partial charge on any atom is -0.353 e. The van der Waals surface area contributed by atoms with E-state index in [4.69, 9.17) is 0 Å². The van der Waals surface area contributed by atoms with Crippen molar-refractivity contribution in [2.75, 3.05) is 26.2 Å². The van der Waals surface area contributed by atoms with Crippen molar-refractivity contribution >= 4 is 28.3 Å². The van der Waals surface area contributed by atoms with Crippen molar-refractivity contribution in [3.63, 3.8) is 0 Å². The van der Waals surface area contributed by atoms with Gasteiger partial charge >= 0.3 is 0 Å². The van der Waals surface area contributed by atoms with Crippen LogP contribution in [0.15, 0.2) is 47.6 Å². The number of nitrogens with one attached hydrogen (secondary N) is 3. The molecule has 1 aromatic heterocycles. The molecule has 2 heterocycles. The van der Waals surface area contributed by atoms with Crippen LogP contribution >= 0.6 is 12.4 Å². The average Bonchev–Trinajstić information content (AvgIpc) is 3.21. The molecule has 0 radical (unpaired) electrons. The molecule has 0 unspecified atom stereocenters. The first-order chi connectivity index (χ1) is 12.9. The third kappa shape index (κ3) is 4.91. The van der Waals surface area contributed by atoms with Gasteiger partial charge in [-0.2, -0.15) is 5.10 Å². The molecule has 0 spiro atoms. The fourth-order valence-electron chi connectivity index (χ4n) is 3.25. The number of sulfonamides is 1. The highest BCUT2D eigenvalue weighted by molar-refractivity contribution is 7.89. The molecule has 0 bridgehead atoms. The molecule has 0 atom stereocenters. The summed E-state index contributed by atoms with van der Waals surface area (Å²) in [4.78, 5) is 13.1. The average molecular weight is 428 g/mol. The van der Waals surface area contributed by atoms with Crippen molar-refractivity contribution in [2.24, 2.45) is 0 Å².